The number of nitrogens with zero attached hydrogens (tertiary/aromatic N) is 1. The highest BCUT2D eigenvalue weighted by Crippen LogP contribution is 2.30. The third-order valence-corrected chi connectivity index (χ3v) is 4.43. The molecule has 0 aliphatic carbocycles. The molecule has 1 fully saturated rings. The lowest BCUT2D eigenvalue weighted by Crippen LogP contribution is -2.74. The molecule has 1 aliphatic rings. The Morgan fingerprint density at radius 2 is 1.84 bits per heavy atom. The topological polar surface area (TPSA) is 58.6 Å². The zero-order valence-corrected chi connectivity index (χ0v) is 12.9. The van der Waals surface area contributed by atoms with Crippen molar-refractivity contribution in [3.63, 3.8) is 0 Å². The first-order chi connectivity index (χ1) is 8.75. The largest absolute Gasteiger partial charge is 0.380 e. The molecule has 1 N–H and O–H groups in total. The van der Waals surface area contributed by atoms with Gasteiger partial charge < -0.3 is 15.0 Å². The second kappa shape index (κ2) is 5.49. The van der Waals surface area contributed by atoms with Gasteiger partial charge in [0.05, 0.1) is 6.10 Å². The Labute approximate surface area is 115 Å². The smallest absolute Gasteiger partial charge is 0.249 e. The van der Waals surface area contributed by atoms with Crippen LogP contribution in [0.15, 0.2) is 0 Å². The molecule has 5 nitrogen and oxygen atoms in total. The molecular formula is C14H26N2O3. The highest BCUT2D eigenvalue weighted by Gasteiger charge is 2.53. The van der Waals surface area contributed by atoms with Crippen molar-refractivity contribution in [3.05, 3.63) is 0 Å². The lowest BCUT2D eigenvalue weighted by Gasteiger charge is -2.50. The fourth-order valence-corrected chi connectivity index (χ4v) is 2.29. The highest BCUT2D eigenvalue weighted by molar-refractivity contribution is 6.01. The van der Waals surface area contributed by atoms with E-state index in [4.69, 9.17) is 4.74 Å². The summed E-state index contributed by atoms with van der Waals surface area (Å²) in [6.07, 6.45) is 1.07. The highest BCUT2D eigenvalue weighted by atomic mass is 16.5. The minimum absolute atomic E-state index is 0.0251. The molecule has 0 radical (unpaired) electrons. The molecule has 19 heavy (non-hydrogen) atoms. The average Bonchev–Trinajstić information content (AvgIpc) is 2.41. The second-order valence-corrected chi connectivity index (χ2v) is 5.73. The normalized spacial score (nSPS) is 33.3. The summed E-state index contributed by atoms with van der Waals surface area (Å²) in [5.74, 6) is -0.106. The molecule has 0 spiro atoms. The van der Waals surface area contributed by atoms with E-state index in [-0.39, 0.29) is 17.9 Å². The Balaban J connectivity index is 3.15. The number of nitrogens with one attached hydrogen (secondary N) is 1. The maximum atomic E-state index is 12.7. The zero-order valence-electron chi connectivity index (χ0n) is 12.9. The third kappa shape index (κ3) is 2.61. The summed E-state index contributed by atoms with van der Waals surface area (Å²) in [7, 11) is 1.61. The van der Waals surface area contributed by atoms with Gasteiger partial charge >= 0.3 is 0 Å². The summed E-state index contributed by atoms with van der Waals surface area (Å²) < 4.78 is 5.25. The number of hydrogen-bond acceptors (Lipinski definition) is 3. The number of amides is 2. The van der Waals surface area contributed by atoms with Crippen molar-refractivity contribution >= 4 is 11.8 Å². The van der Waals surface area contributed by atoms with Gasteiger partial charge in [0.2, 0.25) is 11.8 Å². The van der Waals surface area contributed by atoms with Gasteiger partial charge in [-0.05, 0) is 33.6 Å². The van der Waals surface area contributed by atoms with Gasteiger partial charge in [-0.15, -0.1) is 0 Å². The maximum absolute atomic E-state index is 12.7. The van der Waals surface area contributed by atoms with Gasteiger partial charge in [-0.1, -0.05) is 13.8 Å². The first-order valence-corrected chi connectivity index (χ1v) is 6.92. The number of carbonyl (C=O) groups is 2. The van der Waals surface area contributed by atoms with Crippen LogP contribution in [0.25, 0.3) is 0 Å². The van der Waals surface area contributed by atoms with E-state index in [1.54, 1.807) is 18.9 Å². The number of carbonyl (C=O) groups excluding carboxylic acids is 2. The molecule has 1 aliphatic heterocycles. The van der Waals surface area contributed by atoms with E-state index in [1.807, 2.05) is 27.7 Å². The van der Waals surface area contributed by atoms with Crippen LogP contribution in [0.3, 0.4) is 0 Å². The summed E-state index contributed by atoms with van der Waals surface area (Å²) >= 11 is 0. The van der Waals surface area contributed by atoms with Crippen molar-refractivity contribution in [2.45, 2.75) is 64.6 Å². The maximum Gasteiger partial charge on any atom is 0.249 e. The quantitative estimate of drug-likeness (QED) is 0.819. The molecule has 0 aromatic carbocycles. The molecule has 0 bridgehead atoms. The van der Waals surface area contributed by atoms with Crippen molar-refractivity contribution in [2.24, 2.45) is 0 Å². The summed E-state index contributed by atoms with van der Waals surface area (Å²) in [5.41, 5.74) is -1.60. The molecule has 3 unspecified atom stereocenters. The van der Waals surface area contributed by atoms with Gasteiger partial charge in [0.25, 0.3) is 0 Å². The van der Waals surface area contributed by atoms with Gasteiger partial charge in [-0.25, -0.2) is 0 Å². The fourth-order valence-electron chi connectivity index (χ4n) is 2.29. The molecule has 0 saturated carbocycles. The van der Waals surface area contributed by atoms with E-state index in [9.17, 15) is 9.59 Å². The van der Waals surface area contributed by atoms with Crippen LogP contribution in [0, 0.1) is 0 Å². The molecule has 5 heteroatoms. The van der Waals surface area contributed by atoms with Gasteiger partial charge in [0.15, 0.2) is 0 Å². The Kier molecular flexibility index (Phi) is 4.61. The van der Waals surface area contributed by atoms with E-state index in [0.29, 0.717) is 19.4 Å². The number of rotatable bonds is 5. The molecule has 110 valence electrons. The fraction of sp³-hybridized carbons (Fsp3) is 0.857. The van der Waals surface area contributed by atoms with Crippen LogP contribution in [0.4, 0.5) is 0 Å². The van der Waals surface area contributed by atoms with Crippen molar-refractivity contribution in [3.8, 4) is 0 Å². The predicted molar refractivity (Wildman–Crippen MR) is 73.7 cm³/mol. The number of methoxy groups -OCH3 is 1. The SMILES string of the molecule is CCC1(C)NC(=O)C(C)(CC)N(CC(C)OC)C1=O. The van der Waals surface area contributed by atoms with Gasteiger partial charge in [-0.2, -0.15) is 0 Å². The van der Waals surface area contributed by atoms with E-state index in [1.165, 1.54) is 0 Å². The van der Waals surface area contributed by atoms with Gasteiger partial charge in [-0.3, -0.25) is 9.59 Å². The molecule has 3 atom stereocenters. The Morgan fingerprint density at radius 1 is 1.26 bits per heavy atom. The minimum Gasteiger partial charge on any atom is -0.380 e. The number of ether oxygens (including phenoxy) is 1. The molecular weight excluding hydrogens is 244 g/mol. The molecule has 0 aromatic rings. The predicted octanol–water partition coefficient (Wildman–Crippen LogP) is 1.32. The number of piperazine rings is 1. The summed E-state index contributed by atoms with van der Waals surface area (Å²) in [5, 5.41) is 2.88. The zero-order chi connectivity index (χ0) is 14.8. The summed E-state index contributed by atoms with van der Waals surface area (Å²) in [6.45, 7) is 9.77. The first-order valence-electron chi connectivity index (χ1n) is 6.92. The Hall–Kier alpha value is -1.10. The van der Waals surface area contributed by atoms with Crippen LogP contribution in [-0.2, 0) is 14.3 Å². The van der Waals surface area contributed by atoms with Crippen molar-refractivity contribution in [1.29, 1.82) is 0 Å². The lowest BCUT2D eigenvalue weighted by molar-refractivity contribution is -0.164. The molecule has 1 rings (SSSR count). The van der Waals surface area contributed by atoms with Crippen LogP contribution < -0.4 is 5.32 Å². The molecule has 1 saturated heterocycles. The van der Waals surface area contributed by atoms with Crippen LogP contribution in [0.5, 0.6) is 0 Å². The lowest BCUT2D eigenvalue weighted by atomic mass is 9.84. The van der Waals surface area contributed by atoms with E-state index in [2.05, 4.69) is 5.32 Å². The van der Waals surface area contributed by atoms with E-state index < -0.39 is 11.1 Å². The van der Waals surface area contributed by atoms with Crippen LogP contribution >= 0.6 is 0 Å². The monoisotopic (exact) mass is 270 g/mol. The van der Waals surface area contributed by atoms with Crippen molar-refractivity contribution in [2.75, 3.05) is 13.7 Å². The van der Waals surface area contributed by atoms with Crippen LogP contribution in [0.1, 0.15) is 47.5 Å². The molecule has 2 amide bonds. The Morgan fingerprint density at radius 3 is 2.26 bits per heavy atom. The Bertz CT molecular complexity index is 372. The van der Waals surface area contributed by atoms with Crippen LogP contribution in [0.2, 0.25) is 0 Å². The van der Waals surface area contributed by atoms with E-state index >= 15 is 0 Å². The summed E-state index contributed by atoms with van der Waals surface area (Å²) in [6, 6.07) is 0. The average molecular weight is 270 g/mol. The first kappa shape index (κ1) is 16.0. The number of hydrogen-bond donors (Lipinski definition) is 1. The van der Waals surface area contributed by atoms with Gasteiger partial charge in [0, 0.05) is 13.7 Å². The van der Waals surface area contributed by atoms with Crippen molar-refractivity contribution in [1.82, 2.24) is 10.2 Å². The standard InChI is InChI=1S/C14H26N2O3/c1-7-13(4)12(18)16(9-10(3)19-6)14(5,8-2)11(17)15-13/h10H,7-9H2,1-6H3,(H,15,17). The molecule has 0 aromatic heterocycles. The minimum atomic E-state index is -0.806. The molecule has 1 heterocycles. The van der Waals surface area contributed by atoms with Crippen molar-refractivity contribution < 1.29 is 14.3 Å². The van der Waals surface area contributed by atoms with Crippen LogP contribution in [-0.4, -0.2) is 47.6 Å². The second-order valence-electron chi connectivity index (χ2n) is 5.73. The van der Waals surface area contributed by atoms with E-state index in [0.717, 1.165) is 0 Å². The van der Waals surface area contributed by atoms with Gasteiger partial charge in [0.1, 0.15) is 11.1 Å². The summed E-state index contributed by atoms with van der Waals surface area (Å²) in [4.78, 5) is 26.8. The third-order valence-electron chi connectivity index (χ3n) is 4.43.